The number of hydrogen-bond donors (Lipinski definition) is 2. The van der Waals surface area contributed by atoms with Crippen molar-refractivity contribution in [2.75, 3.05) is 13.1 Å². The van der Waals surface area contributed by atoms with Crippen LogP contribution in [0.1, 0.15) is 17.3 Å². The molecule has 3 N–H and O–H groups in total. The molecule has 0 saturated carbocycles. The zero-order valence-electron chi connectivity index (χ0n) is 10.2. The number of amides is 1. The molecule has 5 heteroatoms. The highest BCUT2D eigenvalue weighted by Crippen LogP contribution is 2.20. The minimum absolute atomic E-state index is 0. The summed E-state index contributed by atoms with van der Waals surface area (Å²) in [4.78, 5) is 11.9. The average molecular weight is 269 g/mol. The number of rotatable bonds is 4. The summed E-state index contributed by atoms with van der Waals surface area (Å²) in [5.74, 6) is 0.160. The van der Waals surface area contributed by atoms with E-state index >= 15 is 0 Å². The van der Waals surface area contributed by atoms with Crippen molar-refractivity contribution in [2.45, 2.75) is 6.92 Å². The van der Waals surface area contributed by atoms with Gasteiger partial charge in [-0.1, -0.05) is 25.1 Å². The van der Waals surface area contributed by atoms with Crippen LogP contribution in [0.15, 0.2) is 34.9 Å². The van der Waals surface area contributed by atoms with E-state index in [9.17, 15) is 4.79 Å². The molecular formula is C13H17ClN2O2. The Bertz CT molecular complexity index is 524. The van der Waals surface area contributed by atoms with Crippen molar-refractivity contribution >= 4 is 29.3 Å². The number of benzene rings is 1. The number of fused-ring (bicyclic) bond motifs is 1. The molecule has 0 bridgehead atoms. The molecule has 0 saturated heterocycles. The van der Waals surface area contributed by atoms with Crippen LogP contribution in [-0.4, -0.2) is 19.0 Å². The first kappa shape index (κ1) is 14.5. The van der Waals surface area contributed by atoms with E-state index in [0.717, 1.165) is 11.0 Å². The summed E-state index contributed by atoms with van der Waals surface area (Å²) < 4.78 is 5.32. The fraction of sp³-hybridized carbons (Fsp3) is 0.308. The van der Waals surface area contributed by atoms with Gasteiger partial charge in [-0.15, -0.1) is 12.4 Å². The quantitative estimate of drug-likeness (QED) is 0.893. The van der Waals surface area contributed by atoms with Gasteiger partial charge in [-0.25, -0.2) is 0 Å². The summed E-state index contributed by atoms with van der Waals surface area (Å²) in [6.07, 6.45) is 1.49. The minimum Gasteiger partial charge on any atom is -0.463 e. The fourth-order valence-electron chi connectivity index (χ4n) is 1.60. The number of furan rings is 1. The van der Waals surface area contributed by atoms with Crippen LogP contribution in [0.4, 0.5) is 0 Å². The summed E-state index contributed by atoms with van der Waals surface area (Å²) in [5, 5.41) is 3.69. The molecule has 0 spiro atoms. The summed E-state index contributed by atoms with van der Waals surface area (Å²) in [5.41, 5.74) is 6.80. The molecule has 18 heavy (non-hydrogen) atoms. The van der Waals surface area contributed by atoms with E-state index in [-0.39, 0.29) is 24.2 Å². The van der Waals surface area contributed by atoms with Gasteiger partial charge in [0.05, 0.1) is 5.56 Å². The molecule has 0 aliphatic carbocycles. The smallest absolute Gasteiger partial charge is 0.255 e. The topological polar surface area (TPSA) is 68.3 Å². The van der Waals surface area contributed by atoms with Crippen molar-refractivity contribution in [1.29, 1.82) is 0 Å². The molecule has 1 atom stereocenters. The van der Waals surface area contributed by atoms with Crippen molar-refractivity contribution in [1.82, 2.24) is 5.32 Å². The lowest BCUT2D eigenvalue weighted by atomic mass is 10.1. The van der Waals surface area contributed by atoms with E-state index in [1.165, 1.54) is 6.26 Å². The molecule has 1 unspecified atom stereocenters. The van der Waals surface area contributed by atoms with E-state index in [0.29, 0.717) is 18.7 Å². The Morgan fingerprint density at radius 2 is 2.17 bits per heavy atom. The van der Waals surface area contributed by atoms with Gasteiger partial charge >= 0.3 is 0 Å². The molecule has 0 aliphatic heterocycles. The maximum Gasteiger partial charge on any atom is 0.255 e. The number of carbonyl (C=O) groups excluding carboxylic acids is 1. The maximum absolute atomic E-state index is 11.9. The molecule has 1 amide bonds. The summed E-state index contributed by atoms with van der Waals surface area (Å²) >= 11 is 0. The second-order valence-corrected chi connectivity index (χ2v) is 4.20. The lowest BCUT2D eigenvalue weighted by Crippen LogP contribution is -2.31. The van der Waals surface area contributed by atoms with Gasteiger partial charge in [-0.05, 0) is 18.5 Å². The number of hydrogen-bond acceptors (Lipinski definition) is 3. The third-order valence-corrected chi connectivity index (χ3v) is 2.74. The lowest BCUT2D eigenvalue weighted by Gasteiger charge is -2.09. The monoisotopic (exact) mass is 268 g/mol. The van der Waals surface area contributed by atoms with Gasteiger partial charge in [0.25, 0.3) is 5.91 Å². The third-order valence-electron chi connectivity index (χ3n) is 2.74. The molecule has 0 fully saturated rings. The van der Waals surface area contributed by atoms with Gasteiger partial charge in [0.15, 0.2) is 0 Å². The predicted molar refractivity (Wildman–Crippen MR) is 74.0 cm³/mol. The highest BCUT2D eigenvalue weighted by atomic mass is 35.5. The van der Waals surface area contributed by atoms with Gasteiger partial charge < -0.3 is 15.5 Å². The maximum atomic E-state index is 11.9. The lowest BCUT2D eigenvalue weighted by molar-refractivity contribution is 0.0949. The first-order chi connectivity index (χ1) is 8.22. The second kappa shape index (κ2) is 6.42. The highest BCUT2D eigenvalue weighted by molar-refractivity contribution is 6.05. The normalized spacial score (nSPS) is 11.9. The molecule has 2 rings (SSSR count). The standard InChI is InChI=1S/C13H16N2O2.ClH/c1-9(6-14)7-15-13(16)11-8-17-12-5-3-2-4-10(11)12;/h2-5,8-9H,6-7,14H2,1H3,(H,15,16);1H. The van der Waals surface area contributed by atoms with E-state index in [2.05, 4.69) is 5.32 Å². The molecule has 0 radical (unpaired) electrons. The van der Waals surface area contributed by atoms with Crippen LogP contribution < -0.4 is 11.1 Å². The number of nitrogens with two attached hydrogens (primary N) is 1. The Kier molecular flexibility index (Phi) is 5.19. The summed E-state index contributed by atoms with van der Waals surface area (Å²) in [6.45, 7) is 3.13. The largest absolute Gasteiger partial charge is 0.463 e. The van der Waals surface area contributed by atoms with Crippen molar-refractivity contribution in [3.63, 3.8) is 0 Å². The molecule has 2 aromatic rings. The highest BCUT2D eigenvalue weighted by Gasteiger charge is 2.13. The zero-order valence-corrected chi connectivity index (χ0v) is 11.0. The molecule has 1 aromatic heterocycles. The minimum atomic E-state index is -0.116. The van der Waals surface area contributed by atoms with E-state index < -0.39 is 0 Å². The van der Waals surface area contributed by atoms with Crippen molar-refractivity contribution in [2.24, 2.45) is 11.7 Å². The van der Waals surface area contributed by atoms with Crippen LogP contribution in [0.5, 0.6) is 0 Å². The summed E-state index contributed by atoms with van der Waals surface area (Å²) in [6, 6.07) is 7.48. The van der Waals surface area contributed by atoms with Gasteiger partial charge in [0.2, 0.25) is 0 Å². The van der Waals surface area contributed by atoms with Crippen LogP contribution in [0.2, 0.25) is 0 Å². The fourth-order valence-corrected chi connectivity index (χ4v) is 1.60. The Balaban J connectivity index is 0.00000162. The van der Waals surface area contributed by atoms with Crippen LogP contribution >= 0.6 is 12.4 Å². The SMILES string of the molecule is CC(CN)CNC(=O)c1coc2ccccc12.Cl. The van der Waals surface area contributed by atoms with Crippen LogP contribution in [0.25, 0.3) is 11.0 Å². The Morgan fingerprint density at radius 1 is 1.44 bits per heavy atom. The molecule has 4 nitrogen and oxygen atoms in total. The van der Waals surface area contributed by atoms with Crippen LogP contribution in [0, 0.1) is 5.92 Å². The average Bonchev–Trinajstić information content (AvgIpc) is 2.79. The third kappa shape index (κ3) is 3.03. The van der Waals surface area contributed by atoms with Gasteiger partial charge in [0, 0.05) is 11.9 Å². The Morgan fingerprint density at radius 3 is 2.89 bits per heavy atom. The molecule has 98 valence electrons. The van der Waals surface area contributed by atoms with Gasteiger partial charge in [-0.2, -0.15) is 0 Å². The van der Waals surface area contributed by atoms with E-state index in [4.69, 9.17) is 10.2 Å². The molecule has 1 heterocycles. The van der Waals surface area contributed by atoms with Crippen LogP contribution in [-0.2, 0) is 0 Å². The molecule has 1 aromatic carbocycles. The first-order valence-corrected chi connectivity index (χ1v) is 5.67. The van der Waals surface area contributed by atoms with E-state index in [1.54, 1.807) is 0 Å². The zero-order chi connectivity index (χ0) is 12.3. The van der Waals surface area contributed by atoms with Gasteiger partial charge in [0.1, 0.15) is 11.8 Å². The van der Waals surface area contributed by atoms with Crippen LogP contribution in [0.3, 0.4) is 0 Å². The van der Waals surface area contributed by atoms with Crippen molar-refractivity contribution < 1.29 is 9.21 Å². The summed E-state index contributed by atoms with van der Waals surface area (Å²) in [7, 11) is 0. The number of para-hydroxylation sites is 1. The number of carbonyl (C=O) groups is 1. The number of halogens is 1. The molecular weight excluding hydrogens is 252 g/mol. The first-order valence-electron chi connectivity index (χ1n) is 5.67. The number of nitrogens with one attached hydrogen (secondary N) is 1. The molecule has 0 aliphatic rings. The van der Waals surface area contributed by atoms with E-state index in [1.807, 2.05) is 31.2 Å². The van der Waals surface area contributed by atoms with Gasteiger partial charge in [-0.3, -0.25) is 4.79 Å². The Hall–Kier alpha value is -1.52. The van der Waals surface area contributed by atoms with Crippen molar-refractivity contribution in [3.05, 3.63) is 36.1 Å². The Labute approximate surface area is 112 Å². The van der Waals surface area contributed by atoms with Crippen molar-refractivity contribution in [3.8, 4) is 0 Å². The predicted octanol–water partition coefficient (Wildman–Crippen LogP) is 2.18. The second-order valence-electron chi connectivity index (χ2n) is 4.20.